The van der Waals surface area contributed by atoms with E-state index in [1.807, 2.05) is 0 Å². The second-order valence-corrected chi connectivity index (χ2v) is 3.75. The van der Waals surface area contributed by atoms with Crippen LogP contribution in [0.2, 0.25) is 0 Å². The predicted molar refractivity (Wildman–Crippen MR) is 56.1 cm³/mol. The molecular weight excluding hydrogens is 249 g/mol. The lowest BCUT2D eigenvalue weighted by molar-refractivity contribution is 0.630. The molecule has 0 aliphatic rings. The summed E-state index contributed by atoms with van der Waals surface area (Å²) >= 11 is 3.18. The zero-order valence-electron chi connectivity index (χ0n) is 7.09. The molecule has 3 nitrogen and oxygen atoms in total. The highest BCUT2D eigenvalue weighted by Gasteiger charge is 2.07. The van der Waals surface area contributed by atoms with Gasteiger partial charge < -0.3 is 5.73 Å². The lowest BCUT2D eigenvalue weighted by Gasteiger charge is -1.99. The summed E-state index contributed by atoms with van der Waals surface area (Å²) in [6, 6.07) is 6.40. The van der Waals surface area contributed by atoms with Crippen LogP contribution in [-0.2, 0) is 0 Å². The van der Waals surface area contributed by atoms with E-state index >= 15 is 0 Å². The molecule has 2 aromatic rings. The third-order valence-corrected chi connectivity index (χ3v) is 2.31. The van der Waals surface area contributed by atoms with Gasteiger partial charge in [0.15, 0.2) is 0 Å². The molecule has 0 fully saturated rings. The lowest BCUT2D eigenvalue weighted by atomic mass is 10.1. The number of nitrogen functional groups attached to an aromatic ring is 1. The van der Waals surface area contributed by atoms with Crippen LogP contribution in [0.4, 0.5) is 10.2 Å². The summed E-state index contributed by atoms with van der Waals surface area (Å²) < 4.78 is 14.1. The molecule has 0 aliphatic heterocycles. The molecule has 0 saturated carbocycles. The van der Waals surface area contributed by atoms with Gasteiger partial charge in [0.2, 0.25) is 0 Å². The summed E-state index contributed by atoms with van der Waals surface area (Å²) in [5.41, 5.74) is 6.45. The number of aromatic amines is 1. The van der Waals surface area contributed by atoms with Crippen molar-refractivity contribution in [2.75, 3.05) is 5.73 Å². The van der Waals surface area contributed by atoms with Crippen LogP contribution in [0.3, 0.4) is 0 Å². The topological polar surface area (TPSA) is 54.7 Å². The number of halogens is 2. The molecule has 0 unspecified atom stereocenters. The van der Waals surface area contributed by atoms with Gasteiger partial charge in [0.25, 0.3) is 0 Å². The van der Waals surface area contributed by atoms with Gasteiger partial charge in [0, 0.05) is 16.1 Å². The fourth-order valence-corrected chi connectivity index (χ4v) is 1.52. The minimum Gasteiger partial charge on any atom is -0.382 e. The Balaban J connectivity index is 2.52. The van der Waals surface area contributed by atoms with E-state index in [9.17, 15) is 4.39 Å². The molecule has 1 aromatic carbocycles. The Morgan fingerprint density at radius 1 is 1.36 bits per heavy atom. The van der Waals surface area contributed by atoms with E-state index in [1.165, 1.54) is 6.07 Å². The van der Waals surface area contributed by atoms with Gasteiger partial charge in [-0.05, 0) is 18.2 Å². The molecule has 0 saturated heterocycles. The molecule has 72 valence electrons. The minimum absolute atomic E-state index is 0.317. The molecule has 0 spiro atoms. The Morgan fingerprint density at radius 3 is 2.71 bits per heavy atom. The number of hydrogen-bond acceptors (Lipinski definition) is 2. The van der Waals surface area contributed by atoms with Gasteiger partial charge in [-0.2, -0.15) is 5.10 Å². The Labute approximate surface area is 88.3 Å². The van der Waals surface area contributed by atoms with Crippen LogP contribution in [0.15, 0.2) is 28.7 Å². The van der Waals surface area contributed by atoms with Gasteiger partial charge >= 0.3 is 0 Å². The Bertz CT molecular complexity index is 467. The van der Waals surface area contributed by atoms with Gasteiger partial charge in [0.1, 0.15) is 11.6 Å². The summed E-state index contributed by atoms with van der Waals surface area (Å²) in [6.07, 6.45) is 0. The fraction of sp³-hybridized carbons (Fsp3) is 0. The summed E-state index contributed by atoms with van der Waals surface area (Å²) in [5, 5.41) is 6.38. The largest absolute Gasteiger partial charge is 0.382 e. The van der Waals surface area contributed by atoms with Crippen molar-refractivity contribution in [1.82, 2.24) is 10.2 Å². The van der Waals surface area contributed by atoms with Crippen molar-refractivity contribution < 1.29 is 4.39 Å². The van der Waals surface area contributed by atoms with Crippen LogP contribution in [0.5, 0.6) is 0 Å². The molecule has 0 radical (unpaired) electrons. The zero-order chi connectivity index (χ0) is 10.1. The molecule has 1 heterocycles. The average molecular weight is 256 g/mol. The van der Waals surface area contributed by atoms with Crippen LogP contribution in [-0.4, -0.2) is 10.2 Å². The molecule has 0 bridgehead atoms. The van der Waals surface area contributed by atoms with Gasteiger partial charge in [0.05, 0.1) is 5.69 Å². The second kappa shape index (κ2) is 3.42. The van der Waals surface area contributed by atoms with E-state index in [2.05, 4.69) is 26.1 Å². The highest BCUT2D eigenvalue weighted by molar-refractivity contribution is 9.10. The molecule has 14 heavy (non-hydrogen) atoms. The third-order valence-electron chi connectivity index (χ3n) is 1.82. The number of benzene rings is 1. The zero-order valence-corrected chi connectivity index (χ0v) is 8.68. The molecule has 1 aromatic heterocycles. The molecule has 5 heteroatoms. The Hall–Kier alpha value is -1.36. The first-order valence-corrected chi connectivity index (χ1v) is 4.72. The standard InChI is InChI=1S/C9H7BrFN3/c10-5-1-2-6(7(11)3-5)8-4-9(12)14-13-8/h1-4H,(H3,12,13,14). The SMILES string of the molecule is Nc1cc(-c2ccc(Br)cc2F)[nH]n1. The number of nitrogens with zero attached hydrogens (tertiary/aromatic N) is 1. The molecule has 0 aliphatic carbocycles. The highest BCUT2D eigenvalue weighted by Crippen LogP contribution is 2.24. The number of nitrogens with one attached hydrogen (secondary N) is 1. The first-order valence-electron chi connectivity index (χ1n) is 3.93. The number of hydrogen-bond donors (Lipinski definition) is 2. The number of aromatic nitrogens is 2. The van der Waals surface area contributed by atoms with Crippen molar-refractivity contribution in [2.24, 2.45) is 0 Å². The third kappa shape index (κ3) is 1.63. The molecule has 3 N–H and O–H groups in total. The van der Waals surface area contributed by atoms with Gasteiger partial charge in [-0.3, -0.25) is 5.10 Å². The maximum absolute atomic E-state index is 13.4. The van der Waals surface area contributed by atoms with E-state index in [0.717, 1.165) is 0 Å². The maximum Gasteiger partial charge on any atom is 0.145 e. The van der Waals surface area contributed by atoms with Crippen molar-refractivity contribution in [3.05, 3.63) is 34.6 Å². The summed E-state index contributed by atoms with van der Waals surface area (Å²) in [4.78, 5) is 0. The van der Waals surface area contributed by atoms with Crippen molar-refractivity contribution >= 4 is 21.7 Å². The van der Waals surface area contributed by atoms with Gasteiger partial charge in [-0.1, -0.05) is 15.9 Å². The van der Waals surface area contributed by atoms with Crippen LogP contribution >= 0.6 is 15.9 Å². The van der Waals surface area contributed by atoms with Crippen molar-refractivity contribution in [1.29, 1.82) is 0 Å². The molecule has 0 amide bonds. The van der Waals surface area contributed by atoms with E-state index in [-0.39, 0.29) is 5.82 Å². The van der Waals surface area contributed by atoms with E-state index in [4.69, 9.17) is 5.73 Å². The second-order valence-electron chi connectivity index (χ2n) is 2.83. The Kier molecular flexibility index (Phi) is 2.25. The number of rotatable bonds is 1. The summed E-state index contributed by atoms with van der Waals surface area (Å²) in [6.45, 7) is 0. The van der Waals surface area contributed by atoms with E-state index < -0.39 is 0 Å². The monoisotopic (exact) mass is 255 g/mol. The van der Waals surface area contributed by atoms with Crippen LogP contribution in [0, 0.1) is 5.82 Å². The number of anilines is 1. The first kappa shape index (κ1) is 9.21. The summed E-state index contributed by atoms with van der Waals surface area (Å²) in [7, 11) is 0. The average Bonchev–Trinajstić information content (AvgIpc) is 2.51. The quantitative estimate of drug-likeness (QED) is 0.823. The maximum atomic E-state index is 13.4. The lowest BCUT2D eigenvalue weighted by Crippen LogP contribution is -1.84. The fourth-order valence-electron chi connectivity index (χ4n) is 1.18. The minimum atomic E-state index is -0.317. The normalized spacial score (nSPS) is 10.4. The van der Waals surface area contributed by atoms with Gasteiger partial charge in [-0.15, -0.1) is 0 Å². The first-order chi connectivity index (χ1) is 6.66. The van der Waals surface area contributed by atoms with E-state index in [0.29, 0.717) is 21.5 Å². The van der Waals surface area contributed by atoms with Crippen molar-refractivity contribution in [2.45, 2.75) is 0 Å². The molecule has 0 atom stereocenters. The Morgan fingerprint density at radius 2 is 2.14 bits per heavy atom. The van der Waals surface area contributed by atoms with Crippen molar-refractivity contribution in [3.8, 4) is 11.3 Å². The summed E-state index contributed by atoms with van der Waals surface area (Å²) in [5.74, 6) is 0.0327. The van der Waals surface area contributed by atoms with E-state index in [1.54, 1.807) is 18.2 Å². The smallest absolute Gasteiger partial charge is 0.145 e. The molecule has 2 rings (SSSR count). The number of H-pyrrole nitrogens is 1. The van der Waals surface area contributed by atoms with Gasteiger partial charge in [-0.25, -0.2) is 4.39 Å². The van der Waals surface area contributed by atoms with Crippen LogP contribution < -0.4 is 5.73 Å². The molecular formula is C9H7BrFN3. The van der Waals surface area contributed by atoms with Crippen LogP contribution in [0.1, 0.15) is 0 Å². The highest BCUT2D eigenvalue weighted by atomic mass is 79.9. The van der Waals surface area contributed by atoms with Crippen LogP contribution in [0.25, 0.3) is 11.3 Å². The predicted octanol–water partition coefficient (Wildman–Crippen LogP) is 2.56. The van der Waals surface area contributed by atoms with Crippen molar-refractivity contribution in [3.63, 3.8) is 0 Å². The number of nitrogens with two attached hydrogens (primary N) is 1.